The van der Waals surface area contributed by atoms with Gasteiger partial charge in [0.1, 0.15) is 11.6 Å². The van der Waals surface area contributed by atoms with Crippen molar-refractivity contribution in [1.82, 2.24) is 24.5 Å². The molecule has 4 fully saturated rings. The number of fused-ring (bicyclic) bond motifs is 1. The van der Waals surface area contributed by atoms with E-state index in [1.54, 1.807) is 6.07 Å². The fourth-order valence-electron chi connectivity index (χ4n) is 6.45. The highest BCUT2D eigenvalue weighted by atomic mass is 35.5. The molecule has 0 radical (unpaired) electrons. The average molecular weight is 593 g/mol. The number of likely N-dealkylation sites (tertiary alicyclic amines) is 1. The lowest BCUT2D eigenvalue weighted by atomic mass is 9.86. The molecule has 1 saturated carbocycles. The van der Waals surface area contributed by atoms with E-state index in [2.05, 4.69) is 47.6 Å². The van der Waals surface area contributed by atoms with Gasteiger partial charge in [-0.2, -0.15) is 30.1 Å². The number of nitriles is 2. The molecule has 7 rings (SSSR count). The molecule has 3 saturated heterocycles. The van der Waals surface area contributed by atoms with Crippen LogP contribution in [0.25, 0.3) is 5.65 Å². The molecule has 212 valence electrons. The van der Waals surface area contributed by atoms with Gasteiger partial charge in [0, 0.05) is 37.1 Å². The van der Waals surface area contributed by atoms with Gasteiger partial charge in [0.25, 0.3) is 0 Å². The van der Waals surface area contributed by atoms with Crippen molar-refractivity contribution < 1.29 is 8.42 Å². The number of nitrogens with zero attached hydrogens (tertiary/aromatic N) is 8. The summed E-state index contributed by atoms with van der Waals surface area (Å²) in [5, 5.41) is 30.7. The first-order valence-electron chi connectivity index (χ1n) is 13.9. The van der Waals surface area contributed by atoms with Crippen molar-refractivity contribution in [3.8, 4) is 12.1 Å². The van der Waals surface area contributed by atoms with Crippen LogP contribution in [0.2, 0.25) is 5.02 Å². The van der Waals surface area contributed by atoms with Gasteiger partial charge < -0.3 is 15.5 Å². The molecule has 4 aliphatic rings. The van der Waals surface area contributed by atoms with E-state index >= 15 is 0 Å². The summed E-state index contributed by atoms with van der Waals surface area (Å²) in [6.45, 7) is 3.37. The standard InChI is InChI=1S/C27H29ClN10O2S/c28-23-21(33-25-34-24-18(12-30)13-31-38(24)26(35-25)32-19-1-2-19)9-17(11-29)10-22(23)37-7-5-27(16-37)4-6-36(15-27)20-3-8-41(39,40)14-20/h9-10,13,19-20H,1-8,14-16H2,(H2,32,33,34,35). The smallest absolute Gasteiger partial charge is 0.232 e. The molecule has 1 aromatic carbocycles. The summed E-state index contributed by atoms with van der Waals surface area (Å²) >= 11 is 6.98. The van der Waals surface area contributed by atoms with E-state index < -0.39 is 9.84 Å². The molecule has 5 heterocycles. The monoisotopic (exact) mass is 592 g/mol. The van der Waals surface area contributed by atoms with Gasteiger partial charge in [-0.3, -0.25) is 4.90 Å². The highest BCUT2D eigenvalue weighted by molar-refractivity contribution is 7.91. The first-order chi connectivity index (χ1) is 19.7. The SMILES string of the molecule is N#Cc1cc(Nc2nc(NC3CC3)n3ncc(C#N)c3n2)c(Cl)c(N2CCC3(CCN(C4CCS(=O)(=O)C4)C3)C2)c1. The quantitative estimate of drug-likeness (QED) is 0.434. The summed E-state index contributed by atoms with van der Waals surface area (Å²) in [4.78, 5) is 13.8. The Labute approximate surface area is 242 Å². The Morgan fingerprint density at radius 1 is 1.07 bits per heavy atom. The van der Waals surface area contributed by atoms with Crippen LogP contribution in [0.4, 0.5) is 23.3 Å². The lowest BCUT2D eigenvalue weighted by Crippen LogP contribution is -2.37. The minimum atomic E-state index is -2.93. The van der Waals surface area contributed by atoms with E-state index in [4.69, 9.17) is 11.6 Å². The molecule has 3 aromatic rings. The zero-order valence-electron chi connectivity index (χ0n) is 22.3. The second-order valence-corrected chi connectivity index (χ2v) is 14.3. The van der Waals surface area contributed by atoms with Gasteiger partial charge in [-0.05, 0) is 50.8 Å². The molecular formula is C27H29ClN10O2S. The van der Waals surface area contributed by atoms with Crippen LogP contribution >= 0.6 is 11.6 Å². The number of anilines is 4. The van der Waals surface area contributed by atoms with Crippen molar-refractivity contribution in [1.29, 1.82) is 10.5 Å². The van der Waals surface area contributed by atoms with Crippen LogP contribution in [0.5, 0.6) is 0 Å². The van der Waals surface area contributed by atoms with Crippen molar-refractivity contribution in [2.75, 3.05) is 53.2 Å². The summed E-state index contributed by atoms with van der Waals surface area (Å²) in [5.41, 5.74) is 2.51. The maximum atomic E-state index is 12.0. The van der Waals surface area contributed by atoms with Gasteiger partial charge in [-0.25, -0.2) is 8.42 Å². The Kier molecular flexibility index (Phi) is 6.23. The minimum absolute atomic E-state index is 0.0686. The Morgan fingerprint density at radius 2 is 1.90 bits per heavy atom. The van der Waals surface area contributed by atoms with Crippen LogP contribution in [-0.4, -0.2) is 82.7 Å². The second kappa shape index (κ2) is 9.72. The predicted molar refractivity (Wildman–Crippen MR) is 154 cm³/mol. The van der Waals surface area contributed by atoms with Crippen LogP contribution in [0.15, 0.2) is 18.3 Å². The summed E-state index contributed by atoms with van der Waals surface area (Å²) in [5.74, 6) is 1.28. The Bertz CT molecular complexity index is 1740. The number of hydrogen-bond donors (Lipinski definition) is 2. The van der Waals surface area contributed by atoms with Gasteiger partial charge in [-0.15, -0.1) is 0 Å². The first-order valence-corrected chi connectivity index (χ1v) is 16.1. The molecule has 3 aliphatic heterocycles. The van der Waals surface area contributed by atoms with E-state index in [0.717, 1.165) is 57.5 Å². The van der Waals surface area contributed by atoms with E-state index in [1.165, 1.54) is 10.7 Å². The number of benzene rings is 1. The summed E-state index contributed by atoms with van der Waals surface area (Å²) < 4.78 is 25.6. The zero-order chi connectivity index (χ0) is 28.4. The topological polar surface area (TPSA) is 155 Å². The number of nitrogens with one attached hydrogen (secondary N) is 2. The molecule has 0 bridgehead atoms. The normalized spacial score (nSPS) is 25.5. The highest BCUT2D eigenvalue weighted by Crippen LogP contribution is 2.45. The average Bonchev–Trinajstić information content (AvgIpc) is 3.28. The van der Waals surface area contributed by atoms with Crippen molar-refractivity contribution >= 4 is 50.4 Å². The highest BCUT2D eigenvalue weighted by Gasteiger charge is 2.47. The van der Waals surface area contributed by atoms with Crippen LogP contribution in [0.1, 0.15) is 43.2 Å². The van der Waals surface area contributed by atoms with Crippen LogP contribution in [-0.2, 0) is 9.84 Å². The lowest BCUT2D eigenvalue weighted by molar-refractivity contribution is 0.226. The van der Waals surface area contributed by atoms with E-state index in [0.29, 0.717) is 45.9 Å². The molecule has 1 spiro atoms. The molecule has 2 unspecified atom stereocenters. The molecule has 2 N–H and O–H groups in total. The Balaban J connectivity index is 1.15. The number of aromatic nitrogens is 4. The zero-order valence-corrected chi connectivity index (χ0v) is 23.9. The molecule has 1 aliphatic carbocycles. The third-order valence-electron chi connectivity index (χ3n) is 8.80. The predicted octanol–water partition coefficient (Wildman–Crippen LogP) is 2.93. The van der Waals surface area contributed by atoms with Gasteiger partial charge in [0.15, 0.2) is 15.5 Å². The molecule has 12 nitrogen and oxygen atoms in total. The van der Waals surface area contributed by atoms with Crippen molar-refractivity contribution in [3.05, 3.63) is 34.5 Å². The van der Waals surface area contributed by atoms with Gasteiger partial charge in [0.05, 0.1) is 45.7 Å². The molecule has 2 aromatic heterocycles. The second-order valence-electron chi connectivity index (χ2n) is 11.7. The summed E-state index contributed by atoms with van der Waals surface area (Å²) in [6.07, 6.45) is 6.25. The molecule has 0 amide bonds. The van der Waals surface area contributed by atoms with E-state index in [-0.39, 0.29) is 28.9 Å². The molecule has 41 heavy (non-hydrogen) atoms. The maximum absolute atomic E-state index is 12.0. The molecular weight excluding hydrogens is 564 g/mol. The minimum Gasteiger partial charge on any atom is -0.370 e. The Hall–Kier alpha value is -3.65. The lowest BCUT2D eigenvalue weighted by Gasteiger charge is -2.28. The number of halogens is 1. The van der Waals surface area contributed by atoms with Crippen molar-refractivity contribution in [2.24, 2.45) is 5.41 Å². The largest absolute Gasteiger partial charge is 0.370 e. The van der Waals surface area contributed by atoms with Gasteiger partial charge in [0.2, 0.25) is 11.9 Å². The Morgan fingerprint density at radius 3 is 2.63 bits per heavy atom. The molecule has 2 atom stereocenters. The summed E-state index contributed by atoms with van der Waals surface area (Å²) in [6, 6.07) is 8.29. The first kappa shape index (κ1) is 26.3. The number of hydrogen-bond acceptors (Lipinski definition) is 11. The van der Waals surface area contributed by atoms with Crippen LogP contribution in [0, 0.1) is 28.1 Å². The van der Waals surface area contributed by atoms with Crippen molar-refractivity contribution in [2.45, 2.75) is 44.2 Å². The number of rotatable bonds is 6. The van der Waals surface area contributed by atoms with Gasteiger partial charge in [-0.1, -0.05) is 11.6 Å². The van der Waals surface area contributed by atoms with Crippen molar-refractivity contribution in [3.63, 3.8) is 0 Å². The van der Waals surface area contributed by atoms with E-state index in [9.17, 15) is 18.9 Å². The third-order valence-corrected chi connectivity index (χ3v) is 10.9. The maximum Gasteiger partial charge on any atom is 0.232 e. The third kappa shape index (κ3) is 4.92. The van der Waals surface area contributed by atoms with Crippen LogP contribution < -0.4 is 15.5 Å². The number of sulfone groups is 1. The fraction of sp³-hybridized carbons (Fsp3) is 0.519. The van der Waals surface area contributed by atoms with E-state index in [1.807, 2.05) is 6.07 Å². The summed E-state index contributed by atoms with van der Waals surface area (Å²) in [7, 11) is -2.93. The fourth-order valence-corrected chi connectivity index (χ4v) is 8.49. The molecule has 14 heteroatoms. The van der Waals surface area contributed by atoms with Crippen LogP contribution in [0.3, 0.4) is 0 Å². The van der Waals surface area contributed by atoms with Gasteiger partial charge >= 0.3 is 0 Å².